The zero-order chi connectivity index (χ0) is 14.1. The van der Waals surface area contributed by atoms with Crippen LogP contribution >= 0.6 is 0 Å². The van der Waals surface area contributed by atoms with Crippen molar-refractivity contribution in [3.63, 3.8) is 0 Å². The summed E-state index contributed by atoms with van der Waals surface area (Å²) >= 11 is 0. The molecule has 0 N–H and O–H groups in total. The number of carbonyl (C=O) groups excluding carboxylic acids is 1. The van der Waals surface area contributed by atoms with Gasteiger partial charge in [0.2, 0.25) is 0 Å². The molecule has 1 aromatic carbocycles. The highest BCUT2D eigenvalue weighted by Gasteiger charge is 2.57. The highest BCUT2D eigenvalue weighted by atomic mass is 16.5. The molecule has 3 heteroatoms. The van der Waals surface area contributed by atoms with E-state index in [-0.39, 0.29) is 11.7 Å². The molecule has 2 aliphatic rings. The normalized spacial score (nSPS) is 28.3. The molecule has 0 spiro atoms. The minimum absolute atomic E-state index is 0.131. The molecule has 0 heterocycles. The van der Waals surface area contributed by atoms with Gasteiger partial charge in [0.25, 0.3) is 0 Å². The summed E-state index contributed by atoms with van der Waals surface area (Å²) in [4.78, 5) is 12.5. The monoisotopic (exact) mass is 269 g/mol. The summed E-state index contributed by atoms with van der Waals surface area (Å²) in [7, 11) is 0. The number of Topliss-reactive ketones (excluding diaryl/α,β-unsaturated/α-hetero) is 1. The van der Waals surface area contributed by atoms with Gasteiger partial charge < -0.3 is 4.74 Å². The van der Waals surface area contributed by atoms with Crippen molar-refractivity contribution in [3.8, 4) is 11.8 Å². The van der Waals surface area contributed by atoms with E-state index < -0.39 is 5.92 Å². The number of nitriles is 1. The summed E-state index contributed by atoms with van der Waals surface area (Å²) in [5, 5.41) is 9.36. The second kappa shape index (κ2) is 5.28. The smallest absolute Gasteiger partial charge is 0.158 e. The van der Waals surface area contributed by atoms with Gasteiger partial charge in [-0.05, 0) is 49.3 Å². The van der Waals surface area contributed by atoms with Crippen molar-refractivity contribution in [2.75, 3.05) is 6.61 Å². The standard InChI is InChI=1S/C17H19NO2/c1-2-20-12-8-6-11(7-9-12)15(10-18)17(19)16-13-4-3-5-14(13)16/h6-9,13-16H,2-5H2,1H3. The molecule has 0 radical (unpaired) electrons. The summed E-state index contributed by atoms with van der Waals surface area (Å²) in [6.45, 7) is 2.55. The highest BCUT2D eigenvalue weighted by molar-refractivity contribution is 5.93. The van der Waals surface area contributed by atoms with Crippen molar-refractivity contribution >= 4 is 5.78 Å². The molecule has 2 fully saturated rings. The molecule has 3 rings (SSSR count). The summed E-state index contributed by atoms with van der Waals surface area (Å²) in [5.74, 6) is 1.60. The van der Waals surface area contributed by atoms with E-state index in [1.54, 1.807) is 0 Å². The molecule has 0 aliphatic heterocycles. The lowest BCUT2D eigenvalue weighted by Crippen LogP contribution is -2.15. The average Bonchev–Trinajstić information content (AvgIpc) is 2.94. The van der Waals surface area contributed by atoms with Crippen LogP contribution < -0.4 is 4.74 Å². The minimum Gasteiger partial charge on any atom is -0.494 e. The van der Waals surface area contributed by atoms with Crippen LogP contribution in [0.2, 0.25) is 0 Å². The lowest BCUT2D eigenvalue weighted by Gasteiger charge is -2.11. The zero-order valence-corrected chi connectivity index (χ0v) is 11.7. The molecule has 3 nitrogen and oxygen atoms in total. The fraction of sp³-hybridized carbons (Fsp3) is 0.529. The van der Waals surface area contributed by atoms with Crippen LogP contribution in [0.15, 0.2) is 24.3 Å². The van der Waals surface area contributed by atoms with Gasteiger partial charge in [0.1, 0.15) is 11.7 Å². The lowest BCUT2D eigenvalue weighted by atomic mass is 9.91. The van der Waals surface area contributed by atoms with Crippen LogP contribution in [0.4, 0.5) is 0 Å². The Labute approximate surface area is 119 Å². The Kier molecular flexibility index (Phi) is 3.48. The fourth-order valence-corrected chi connectivity index (χ4v) is 3.66. The molecule has 0 saturated heterocycles. The van der Waals surface area contributed by atoms with Crippen molar-refractivity contribution in [1.82, 2.24) is 0 Å². The third kappa shape index (κ3) is 2.20. The molecule has 1 aromatic rings. The van der Waals surface area contributed by atoms with E-state index in [4.69, 9.17) is 4.74 Å². The summed E-state index contributed by atoms with van der Waals surface area (Å²) < 4.78 is 5.39. The number of ether oxygens (including phenoxy) is 1. The maximum atomic E-state index is 12.5. The first-order chi connectivity index (χ1) is 9.76. The molecule has 0 amide bonds. The van der Waals surface area contributed by atoms with E-state index in [1.165, 1.54) is 19.3 Å². The first-order valence-corrected chi connectivity index (χ1v) is 7.42. The van der Waals surface area contributed by atoms with E-state index in [0.717, 1.165) is 11.3 Å². The Balaban J connectivity index is 1.73. The second-order valence-electron chi connectivity index (χ2n) is 5.75. The largest absolute Gasteiger partial charge is 0.494 e. The summed E-state index contributed by atoms with van der Waals surface area (Å²) in [6, 6.07) is 9.55. The zero-order valence-electron chi connectivity index (χ0n) is 11.7. The van der Waals surface area contributed by atoms with E-state index in [9.17, 15) is 10.1 Å². The van der Waals surface area contributed by atoms with Gasteiger partial charge in [0, 0.05) is 5.92 Å². The lowest BCUT2D eigenvalue weighted by molar-refractivity contribution is -0.121. The maximum Gasteiger partial charge on any atom is 0.158 e. The van der Waals surface area contributed by atoms with Crippen molar-refractivity contribution < 1.29 is 9.53 Å². The van der Waals surface area contributed by atoms with Gasteiger partial charge in [-0.2, -0.15) is 5.26 Å². The third-order valence-electron chi connectivity index (χ3n) is 4.67. The van der Waals surface area contributed by atoms with Gasteiger partial charge in [0.15, 0.2) is 5.78 Å². The Morgan fingerprint density at radius 1 is 1.35 bits per heavy atom. The van der Waals surface area contributed by atoms with E-state index in [1.807, 2.05) is 31.2 Å². The van der Waals surface area contributed by atoms with Gasteiger partial charge in [-0.1, -0.05) is 18.6 Å². The van der Waals surface area contributed by atoms with E-state index >= 15 is 0 Å². The molecule has 3 atom stereocenters. The van der Waals surface area contributed by atoms with Crippen molar-refractivity contribution in [3.05, 3.63) is 29.8 Å². The SMILES string of the molecule is CCOc1ccc(C(C#N)C(=O)C2C3CCCC32)cc1. The maximum absolute atomic E-state index is 12.5. The van der Waals surface area contributed by atoms with Crippen LogP contribution in [0.5, 0.6) is 5.75 Å². The van der Waals surface area contributed by atoms with Gasteiger partial charge in [-0.15, -0.1) is 0 Å². The van der Waals surface area contributed by atoms with Gasteiger partial charge in [0.05, 0.1) is 12.7 Å². The summed E-state index contributed by atoms with van der Waals surface area (Å²) in [5.41, 5.74) is 0.797. The second-order valence-corrected chi connectivity index (χ2v) is 5.75. The topological polar surface area (TPSA) is 50.1 Å². The molecule has 3 unspecified atom stereocenters. The van der Waals surface area contributed by atoms with Gasteiger partial charge in [-0.3, -0.25) is 4.79 Å². The van der Waals surface area contributed by atoms with Crippen LogP contribution in [0.25, 0.3) is 0 Å². The van der Waals surface area contributed by atoms with E-state index in [0.29, 0.717) is 18.4 Å². The number of benzene rings is 1. The van der Waals surface area contributed by atoms with Crippen LogP contribution in [0.3, 0.4) is 0 Å². The average molecular weight is 269 g/mol. The van der Waals surface area contributed by atoms with Gasteiger partial charge >= 0.3 is 0 Å². The Hall–Kier alpha value is -1.82. The third-order valence-corrected chi connectivity index (χ3v) is 4.67. The number of ketones is 1. The molecule has 2 aliphatic carbocycles. The van der Waals surface area contributed by atoms with Crippen LogP contribution in [-0.2, 0) is 4.79 Å². The Morgan fingerprint density at radius 2 is 2.00 bits per heavy atom. The molecular formula is C17H19NO2. The number of carbonyl (C=O) groups is 1. The van der Waals surface area contributed by atoms with Crippen molar-refractivity contribution in [1.29, 1.82) is 5.26 Å². The predicted molar refractivity (Wildman–Crippen MR) is 75.3 cm³/mol. The van der Waals surface area contributed by atoms with Gasteiger partial charge in [-0.25, -0.2) is 0 Å². The number of fused-ring (bicyclic) bond motifs is 1. The molecular weight excluding hydrogens is 250 g/mol. The van der Waals surface area contributed by atoms with E-state index in [2.05, 4.69) is 6.07 Å². The number of hydrogen-bond donors (Lipinski definition) is 0. The molecule has 20 heavy (non-hydrogen) atoms. The molecule has 104 valence electrons. The number of nitrogens with zero attached hydrogens (tertiary/aromatic N) is 1. The Morgan fingerprint density at radius 3 is 2.55 bits per heavy atom. The molecule has 0 bridgehead atoms. The van der Waals surface area contributed by atoms with Crippen LogP contribution in [0.1, 0.15) is 37.7 Å². The Bertz CT molecular complexity index is 533. The summed E-state index contributed by atoms with van der Waals surface area (Å²) in [6.07, 6.45) is 3.59. The van der Waals surface area contributed by atoms with Crippen LogP contribution in [0, 0.1) is 29.1 Å². The van der Waals surface area contributed by atoms with Crippen LogP contribution in [-0.4, -0.2) is 12.4 Å². The van der Waals surface area contributed by atoms with Crippen molar-refractivity contribution in [2.24, 2.45) is 17.8 Å². The number of hydrogen-bond acceptors (Lipinski definition) is 3. The molecule has 0 aromatic heterocycles. The quantitative estimate of drug-likeness (QED) is 0.824. The first-order valence-electron chi connectivity index (χ1n) is 7.42. The highest BCUT2D eigenvalue weighted by Crippen LogP contribution is 2.59. The first kappa shape index (κ1) is 13.2. The van der Waals surface area contributed by atoms with Crippen molar-refractivity contribution in [2.45, 2.75) is 32.1 Å². The molecule has 2 saturated carbocycles. The minimum atomic E-state index is -0.610. The number of rotatable bonds is 5. The fourth-order valence-electron chi connectivity index (χ4n) is 3.66. The predicted octanol–water partition coefficient (Wildman–Crippen LogP) is 3.31.